The van der Waals surface area contributed by atoms with E-state index in [-0.39, 0.29) is 5.56 Å². The zero-order valence-corrected chi connectivity index (χ0v) is 26.2. The van der Waals surface area contributed by atoms with Gasteiger partial charge in [0.1, 0.15) is 0 Å². The van der Waals surface area contributed by atoms with Crippen LogP contribution in [0.15, 0.2) is 147 Å². The monoisotopic (exact) mass is 599 g/mol. The fourth-order valence-corrected chi connectivity index (χ4v) is 6.57. The van der Waals surface area contributed by atoms with E-state index in [2.05, 4.69) is 60.8 Å². The fourth-order valence-electron chi connectivity index (χ4n) is 6.57. The van der Waals surface area contributed by atoms with Gasteiger partial charge in [0.05, 0.1) is 28.6 Å². The molecule has 0 radical (unpaired) electrons. The number of para-hydroxylation sites is 2. The van der Waals surface area contributed by atoms with Crippen molar-refractivity contribution in [1.29, 1.82) is 0 Å². The Kier molecular flexibility index (Phi) is 7.26. The molecule has 224 valence electrons. The number of allylic oxidation sites excluding steroid dienone is 4. The lowest BCUT2D eigenvalue weighted by atomic mass is 10.0. The molecule has 6 nitrogen and oxygen atoms in total. The summed E-state index contributed by atoms with van der Waals surface area (Å²) < 4.78 is 3.92. The Hall–Kier alpha value is -5.88. The molecule has 7 aromatic rings. The maximum Gasteiger partial charge on any atom is 0.263 e. The van der Waals surface area contributed by atoms with Crippen LogP contribution in [0, 0.1) is 0 Å². The van der Waals surface area contributed by atoms with E-state index in [0.29, 0.717) is 23.7 Å². The normalized spacial score (nSPS) is 13.9. The predicted molar refractivity (Wildman–Crippen MR) is 198 cm³/mol. The van der Waals surface area contributed by atoms with Crippen LogP contribution in [0.3, 0.4) is 0 Å². The third-order valence-corrected chi connectivity index (χ3v) is 8.66. The van der Waals surface area contributed by atoms with Gasteiger partial charge in [-0.3, -0.25) is 18.8 Å². The van der Waals surface area contributed by atoms with Crippen LogP contribution in [0.1, 0.15) is 20.8 Å². The Balaban J connectivity index is 1.57. The number of amidine groups is 1. The summed E-state index contributed by atoms with van der Waals surface area (Å²) in [6.45, 7) is 14.3. The van der Waals surface area contributed by atoms with Crippen molar-refractivity contribution in [2.45, 2.75) is 20.8 Å². The molecular weight excluding hydrogens is 566 g/mol. The van der Waals surface area contributed by atoms with Crippen LogP contribution in [0.25, 0.3) is 59.8 Å². The molecule has 7 rings (SSSR count). The lowest BCUT2D eigenvalue weighted by molar-refractivity contribution is 1.15. The van der Waals surface area contributed by atoms with Crippen molar-refractivity contribution in [1.82, 2.24) is 8.97 Å². The van der Waals surface area contributed by atoms with Crippen molar-refractivity contribution < 1.29 is 0 Å². The molecule has 0 spiro atoms. The third-order valence-electron chi connectivity index (χ3n) is 8.66. The molecule has 3 heterocycles. The molecule has 0 bridgehead atoms. The van der Waals surface area contributed by atoms with Gasteiger partial charge in [-0.1, -0.05) is 91.6 Å². The number of aromatic nitrogens is 2. The van der Waals surface area contributed by atoms with Gasteiger partial charge in [-0.05, 0) is 68.3 Å². The van der Waals surface area contributed by atoms with E-state index < -0.39 is 0 Å². The van der Waals surface area contributed by atoms with Crippen LogP contribution in [0.4, 0.5) is 0 Å². The van der Waals surface area contributed by atoms with Gasteiger partial charge in [0.15, 0.2) is 5.84 Å². The Morgan fingerprint density at radius 2 is 1.46 bits per heavy atom. The van der Waals surface area contributed by atoms with Gasteiger partial charge in [-0.15, -0.1) is 0 Å². The third kappa shape index (κ3) is 4.41. The molecule has 0 saturated carbocycles. The van der Waals surface area contributed by atoms with E-state index in [0.717, 1.165) is 65.5 Å². The number of benzene rings is 4. The Morgan fingerprint density at radius 1 is 0.804 bits per heavy atom. The van der Waals surface area contributed by atoms with Crippen LogP contribution < -0.4 is 5.56 Å². The van der Waals surface area contributed by atoms with Gasteiger partial charge in [0, 0.05) is 32.3 Å². The van der Waals surface area contributed by atoms with Gasteiger partial charge in [0.25, 0.3) is 5.56 Å². The molecule has 6 heteroatoms. The Labute approximate surface area is 266 Å². The van der Waals surface area contributed by atoms with E-state index >= 15 is 0 Å². The molecule has 0 aliphatic carbocycles. The van der Waals surface area contributed by atoms with Crippen LogP contribution in [-0.4, -0.2) is 34.0 Å². The second kappa shape index (κ2) is 11.6. The zero-order valence-electron chi connectivity index (χ0n) is 26.2. The predicted octanol–water partition coefficient (Wildman–Crippen LogP) is 9.26. The molecule has 0 atom stereocenters. The quantitative estimate of drug-likeness (QED) is 0.0842. The van der Waals surface area contributed by atoms with Crippen molar-refractivity contribution in [2.75, 3.05) is 6.54 Å². The summed E-state index contributed by atoms with van der Waals surface area (Å²) in [6, 6.07) is 26.6. The number of hydrogen-bond donors (Lipinski definition) is 0. The van der Waals surface area contributed by atoms with Crippen LogP contribution in [0.5, 0.6) is 0 Å². The van der Waals surface area contributed by atoms with Crippen molar-refractivity contribution in [3.05, 3.63) is 137 Å². The van der Waals surface area contributed by atoms with Gasteiger partial charge in [-0.25, -0.2) is 4.99 Å². The van der Waals surface area contributed by atoms with Crippen LogP contribution in [-0.2, 0) is 0 Å². The highest BCUT2D eigenvalue weighted by atomic mass is 16.1. The molecule has 4 aromatic carbocycles. The van der Waals surface area contributed by atoms with Gasteiger partial charge < -0.3 is 0 Å². The zero-order chi connectivity index (χ0) is 31.9. The largest absolute Gasteiger partial charge is 0.278 e. The maximum absolute atomic E-state index is 14.0. The van der Waals surface area contributed by atoms with E-state index in [9.17, 15) is 4.79 Å². The van der Waals surface area contributed by atoms with E-state index in [1.54, 1.807) is 6.08 Å². The molecular formula is C40H33N5O. The first-order chi connectivity index (χ1) is 22.5. The maximum atomic E-state index is 14.0. The van der Waals surface area contributed by atoms with E-state index in [4.69, 9.17) is 9.98 Å². The molecule has 0 amide bonds. The van der Waals surface area contributed by atoms with Crippen molar-refractivity contribution in [2.24, 2.45) is 15.0 Å². The minimum atomic E-state index is -0.0175. The number of nitrogens with zero attached hydrogens (tertiary/aromatic N) is 5. The number of aliphatic imine (C=N–C) groups is 3. The van der Waals surface area contributed by atoms with Crippen molar-refractivity contribution in [3.8, 4) is 0 Å². The summed E-state index contributed by atoms with van der Waals surface area (Å²) in [6.07, 6.45) is 9.72. The highest BCUT2D eigenvalue weighted by Crippen LogP contribution is 2.38. The Morgan fingerprint density at radius 3 is 2.17 bits per heavy atom. The summed E-state index contributed by atoms with van der Waals surface area (Å²) >= 11 is 0. The number of fused-ring (bicyclic) bond motifs is 8. The minimum absolute atomic E-state index is 0.0175. The first-order valence-corrected chi connectivity index (χ1v) is 15.3. The molecule has 3 aromatic heterocycles. The lowest BCUT2D eigenvalue weighted by Crippen LogP contribution is -2.13. The SMILES string of the molecule is C=C/C=C(\C)C(=NCC(/C=C\C)=C/C)N=C(N=C)n1c2ccccc2c2cc3c(cc21)c1cccc2c4ccccc4c(=O)n3c21. The van der Waals surface area contributed by atoms with Gasteiger partial charge in [-0.2, -0.15) is 4.99 Å². The Bertz CT molecular complexity index is 2590. The minimum Gasteiger partial charge on any atom is -0.278 e. The highest BCUT2D eigenvalue weighted by Gasteiger charge is 2.21. The summed E-state index contributed by atoms with van der Waals surface area (Å²) in [5, 5.41) is 6.75. The molecule has 0 fully saturated rings. The second-order valence-electron chi connectivity index (χ2n) is 11.3. The summed E-state index contributed by atoms with van der Waals surface area (Å²) in [5.74, 6) is 0.958. The molecule has 0 saturated heterocycles. The number of rotatable bonds is 5. The second-order valence-corrected chi connectivity index (χ2v) is 11.3. The molecule has 0 unspecified atom stereocenters. The summed E-state index contributed by atoms with van der Waals surface area (Å²) in [7, 11) is 0. The standard InChI is InChI=1S/C40H33N5O/c1-6-14-25(4)38(42-24-26(8-3)15-7-2)43-40(41-5)44-34-21-12-11-17-28(34)32-22-36-33(23-35(32)44)30-20-13-19-29-27-16-9-10-18-31(27)39(46)45(36)37(29)30/h6-23H,1,5,24H2,2-4H3/b15-7-,25-14+,26-8+,42-38?,43-40?. The first-order valence-electron chi connectivity index (χ1n) is 15.3. The lowest BCUT2D eigenvalue weighted by Gasteiger charge is -2.09. The van der Waals surface area contributed by atoms with Crippen LogP contribution >= 0.6 is 0 Å². The van der Waals surface area contributed by atoms with Gasteiger partial charge in [0.2, 0.25) is 5.96 Å². The molecule has 46 heavy (non-hydrogen) atoms. The van der Waals surface area contributed by atoms with Gasteiger partial charge >= 0.3 is 0 Å². The van der Waals surface area contributed by atoms with Crippen LogP contribution in [0.2, 0.25) is 0 Å². The molecule has 0 aliphatic heterocycles. The smallest absolute Gasteiger partial charge is 0.263 e. The first kappa shape index (κ1) is 28.9. The summed E-state index contributed by atoms with van der Waals surface area (Å²) in [4.78, 5) is 28.4. The van der Waals surface area contributed by atoms with E-state index in [1.807, 2.05) is 90.4 Å². The van der Waals surface area contributed by atoms with Crippen molar-refractivity contribution in [3.63, 3.8) is 0 Å². The average molecular weight is 600 g/mol. The number of hydrogen-bond acceptors (Lipinski definition) is 2. The molecule has 0 aliphatic rings. The van der Waals surface area contributed by atoms with E-state index in [1.165, 1.54) is 0 Å². The molecule has 0 N–H and O–H groups in total. The topological polar surface area (TPSA) is 63.5 Å². The van der Waals surface area contributed by atoms with Crippen molar-refractivity contribution >= 4 is 78.3 Å². The fraction of sp³-hybridized carbons (Fsp3) is 0.100. The number of pyridine rings is 1. The average Bonchev–Trinajstić information content (AvgIpc) is 3.58. The highest BCUT2D eigenvalue weighted by molar-refractivity contribution is 6.25. The summed E-state index contributed by atoms with van der Waals surface area (Å²) in [5.41, 5.74) is 5.58.